The Balaban J connectivity index is 2.68. The molecule has 0 radical (unpaired) electrons. The van der Waals surface area contributed by atoms with Gasteiger partial charge in [-0.3, -0.25) is 0 Å². The molecule has 1 aromatic carbocycles. The highest BCUT2D eigenvalue weighted by Crippen LogP contribution is 2.31. The first-order chi connectivity index (χ1) is 7.43. The fraction of sp³-hybridized carbons (Fsp3) is 0.500. The highest BCUT2D eigenvalue weighted by molar-refractivity contribution is 5.30. The second-order valence-corrected chi connectivity index (χ2v) is 3.85. The third kappa shape index (κ3) is 3.76. The van der Waals surface area contributed by atoms with Crippen LogP contribution in [0.3, 0.4) is 0 Å². The Morgan fingerprint density at radius 2 is 2.00 bits per heavy atom. The van der Waals surface area contributed by atoms with E-state index < -0.39 is 11.7 Å². The lowest BCUT2D eigenvalue weighted by atomic mass is 10.1. The average Bonchev–Trinajstić information content (AvgIpc) is 2.25. The lowest BCUT2D eigenvalue weighted by Gasteiger charge is -2.12. The molecule has 90 valence electrons. The minimum Gasteiger partial charge on any atom is -0.493 e. The molecule has 0 bridgehead atoms. The van der Waals surface area contributed by atoms with Crippen LogP contribution in [0.2, 0.25) is 0 Å². The predicted molar refractivity (Wildman–Crippen MR) is 56.4 cm³/mol. The molecule has 0 aliphatic carbocycles. The van der Waals surface area contributed by atoms with Crippen LogP contribution in [0, 0.1) is 5.92 Å². The highest BCUT2D eigenvalue weighted by atomic mass is 19.4. The van der Waals surface area contributed by atoms with E-state index in [4.69, 9.17) is 4.74 Å². The molecule has 0 aliphatic heterocycles. The summed E-state index contributed by atoms with van der Waals surface area (Å²) in [7, 11) is 0. The third-order valence-electron chi connectivity index (χ3n) is 2.39. The topological polar surface area (TPSA) is 9.23 Å². The number of benzene rings is 1. The third-order valence-corrected chi connectivity index (χ3v) is 2.39. The standard InChI is InChI=1S/C12H15F3O/c1-3-9(2)8-16-11-6-4-5-10(7-11)12(13,14)15/h4-7,9H,3,8H2,1-2H3. The maximum Gasteiger partial charge on any atom is 0.416 e. The van der Waals surface area contributed by atoms with Crippen molar-refractivity contribution in [3.63, 3.8) is 0 Å². The number of rotatable bonds is 4. The first-order valence-electron chi connectivity index (χ1n) is 5.23. The Morgan fingerprint density at radius 3 is 2.56 bits per heavy atom. The average molecular weight is 232 g/mol. The Morgan fingerprint density at radius 1 is 1.31 bits per heavy atom. The van der Waals surface area contributed by atoms with Crippen LogP contribution in [-0.2, 0) is 6.18 Å². The van der Waals surface area contributed by atoms with Gasteiger partial charge >= 0.3 is 6.18 Å². The van der Waals surface area contributed by atoms with Crippen LogP contribution < -0.4 is 4.74 Å². The minimum absolute atomic E-state index is 0.273. The second kappa shape index (κ2) is 5.23. The van der Waals surface area contributed by atoms with Gasteiger partial charge in [-0.25, -0.2) is 0 Å². The Bertz CT molecular complexity index is 333. The molecule has 0 aliphatic rings. The SMILES string of the molecule is CCC(C)COc1cccc(C(F)(F)F)c1. The Labute approximate surface area is 93.2 Å². The van der Waals surface area contributed by atoms with Crippen molar-refractivity contribution in [1.82, 2.24) is 0 Å². The van der Waals surface area contributed by atoms with Crippen molar-refractivity contribution >= 4 is 0 Å². The van der Waals surface area contributed by atoms with E-state index in [1.165, 1.54) is 12.1 Å². The van der Waals surface area contributed by atoms with Crippen LogP contribution in [0.1, 0.15) is 25.8 Å². The van der Waals surface area contributed by atoms with Gasteiger partial charge in [0.25, 0.3) is 0 Å². The fourth-order valence-corrected chi connectivity index (χ4v) is 1.12. The van der Waals surface area contributed by atoms with Gasteiger partial charge < -0.3 is 4.74 Å². The van der Waals surface area contributed by atoms with Crippen molar-refractivity contribution in [1.29, 1.82) is 0 Å². The van der Waals surface area contributed by atoms with Gasteiger partial charge in [0, 0.05) is 0 Å². The van der Waals surface area contributed by atoms with Crippen molar-refractivity contribution < 1.29 is 17.9 Å². The molecule has 1 aromatic rings. The molecule has 0 amide bonds. The fourth-order valence-electron chi connectivity index (χ4n) is 1.12. The van der Waals surface area contributed by atoms with Gasteiger partial charge in [0.2, 0.25) is 0 Å². The summed E-state index contributed by atoms with van der Waals surface area (Å²) in [5.74, 6) is 0.615. The van der Waals surface area contributed by atoms with Crippen molar-refractivity contribution in [3.8, 4) is 5.75 Å². The zero-order valence-electron chi connectivity index (χ0n) is 9.34. The van der Waals surface area contributed by atoms with Gasteiger partial charge in [0.1, 0.15) is 5.75 Å². The Kier molecular flexibility index (Phi) is 4.21. The van der Waals surface area contributed by atoms with Gasteiger partial charge in [-0.05, 0) is 24.1 Å². The zero-order valence-corrected chi connectivity index (χ0v) is 9.34. The molecule has 0 heterocycles. The largest absolute Gasteiger partial charge is 0.493 e. The van der Waals surface area contributed by atoms with Gasteiger partial charge in [-0.1, -0.05) is 26.3 Å². The molecular formula is C12H15F3O. The molecule has 1 unspecified atom stereocenters. The van der Waals surface area contributed by atoms with Crippen molar-refractivity contribution in [2.45, 2.75) is 26.4 Å². The van der Waals surface area contributed by atoms with Crippen LogP contribution in [0.5, 0.6) is 5.75 Å². The molecule has 0 N–H and O–H groups in total. The van der Waals surface area contributed by atoms with Gasteiger partial charge in [0.05, 0.1) is 12.2 Å². The second-order valence-electron chi connectivity index (χ2n) is 3.85. The maximum atomic E-state index is 12.4. The first kappa shape index (κ1) is 12.9. The summed E-state index contributed by atoms with van der Waals surface area (Å²) in [4.78, 5) is 0. The number of hydrogen-bond donors (Lipinski definition) is 0. The molecule has 0 aromatic heterocycles. The summed E-state index contributed by atoms with van der Waals surface area (Å²) in [5.41, 5.74) is -0.672. The molecule has 0 fully saturated rings. The monoisotopic (exact) mass is 232 g/mol. The number of halogens is 3. The van der Waals surface area contributed by atoms with E-state index in [0.717, 1.165) is 18.6 Å². The Hall–Kier alpha value is -1.19. The van der Waals surface area contributed by atoms with Crippen LogP contribution >= 0.6 is 0 Å². The maximum absolute atomic E-state index is 12.4. The first-order valence-corrected chi connectivity index (χ1v) is 5.23. The van der Waals surface area contributed by atoms with E-state index in [1.807, 2.05) is 13.8 Å². The van der Waals surface area contributed by atoms with Gasteiger partial charge in [0.15, 0.2) is 0 Å². The molecule has 0 saturated carbocycles. The molecular weight excluding hydrogens is 217 g/mol. The van der Waals surface area contributed by atoms with E-state index in [2.05, 4.69) is 0 Å². The molecule has 1 rings (SSSR count). The minimum atomic E-state index is -4.31. The van der Waals surface area contributed by atoms with Crippen LogP contribution in [0.4, 0.5) is 13.2 Å². The molecule has 0 spiro atoms. The van der Waals surface area contributed by atoms with E-state index in [0.29, 0.717) is 12.5 Å². The molecule has 1 atom stereocenters. The van der Waals surface area contributed by atoms with E-state index >= 15 is 0 Å². The number of alkyl halides is 3. The van der Waals surface area contributed by atoms with Crippen LogP contribution in [0.25, 0.3) is 0 Å². The highest BCUT2D eigenvalue weighted by Gasteiger charge is 2.30. The number of ether oxygens (including phenoxy) is 1. The molecule has 4 heteroatoms. The summed E-state index contributed by atoms with van der Waals surface area (Å²) in [6, 6.07) is 4.96. The van der Waals surface area contributed by atoms with Crippen molar-refractivity contribution in [2.75, 3.05) is 6.61 Å². The normalized spacial score (nSPS) is 13.6. The zero-order chi connectivity index (χ0) is 12.2. The lowest BCUT2D eigenvalue weighted by Crippen LogP contribution is -2.09. The van der Waals surface area contributed by atoms with E-state index in [9.17, 15) is 13.2 Å². The summed E-state index contributed by atoms with van der Waals surface area (Å²) in [5, 5.41) is 0. The smallest absolute Gasteiger partial charge is 0.416 e. The quantitative estimate of drug-likeness (QED) is 0.758. The molecule has 1 nitrogen and oxygen atoms in total. The predicted octanol–water partition coefficient (Wildman–Crippen LogP) is 4.13. The number of hydrogen-bond acceptors (Lipinski definition) is 1. The van der Waals surface area contributed by atoms with Crippen molar-refractivity contribution in [3.05, 3.63) is 29.8 Å². The molecule has 0 saturated heterocycles. The lowest BCUT2D eigenvalue weighted by molar-refractivity contribution is -0.137. The van der Waals surface area contributed by atoms with Crippen molar-refractivity contribution in [2.24, 2.45) is 5.92 Å². The van der Waals surface area contributed by atoms with Crippen LogP contribution in [-0.4, -0.2) is 6.61 Å². The van der Waals surface area contributed by atoms with Crippen LogP contribution in [0.15, 0.2) is 24.3 Å². The molecule has 16 heavy (non-hydrogen) atoms. The van der Waals surface area contributed by atoms with E-state index in [1.54, 1.807) is 0 Å². The summed E-state index contributed by atoms with van der Waals surface area (Å²) < 4.78 is 42.4. The summed E-state index contributed by atoms with van der Waals surface area (Å²) in [6.07, 6.45) is -3.37. The van der Waals surface area contributed by atoms with Gasteiger partial charge in [-0.15, -0.1) is 0 Å². The summed E-state index contributed by atoms with van der Waals surface area (Å²) in [6.45, 7) is 4.45. The van der Waals surface area contributed by atoms with E-state index in [-0.39, 0.29) is 5.75 Å². The summed E-state index contributed by atoms with van der Waals surface area (Å²) >= 11 is 0. The van der Waals surface area contributed by atoms with Gasteiger partial charge in [-0.2, -0.15) is 13.2 Å².